The van der Waals surface area contributed by atoms with E-state index in [-0.39, 0.29) is 37.9 Å². The maximum absolute atomic E-state index is 12.1. The quantitative estimate of drug-likeness (QED) is 0.103. The number of nitrogens with zero attached hydrogens (tertiary/aromatic N) is 2. The van der Waals surface area contributed by atoms with Crippen LogP contribution in [0.1, 0.15) is 48.5 Å². The Hall–Kier alpha value is -4.29. The van der Waals surface area contributed by atoms with Gasteiger partial charge in [0, 0.05) is 36.2 Å². The largest absolute Gasteiger partial charge is 0.465 e. The molecule has 240 valence electrons. The minimum Gasteiger partial charge on any atom is -0.465 e. The molecular weight excluding hydrogens is 604 g/mol. The molecule has 2 heterocycles. The number of aliphatic hydroxyl groups excluding tert-OH is 1. The number of rotatable bonds is 12. The van der Waals surface area contributed by atoms with Crippen molar-refractivity contribution in [3.63, 3.8) is 0 Å². The van der Waals surface area contributed by atoms with Crippen molar-refractivity contribution in [2.75, 3.05) is 18.9 Å². The normalized spacial score (nSPS) is 19.3. The Labute approximate surface area is 272 Å². The lowest BCUT2D eigenvalue weighted by Crippen LogP contribution is -2.38. The monoisotopic (exact) mass is 642 g/mol. The molecule has 4 aromatic rings. The van der Waals surface area contributed by atoms with Crippen molar-refractivity contribution in [1.29, 1.82) is 0 Å². The molecule has 0 aliphatic carbocycles. The summed E-state index contributed by atoms with van der Waals surface area (Å²) in [6.07, 6.45) is 2.54. The molecule has 3 N–H and O–H groups in total. The molecule has 5 rings (SSSR count). The summed E-state index contributed by atoms with van der Waals surface area (Å²) >= 11 is 1.56. The van der Waals surface area contributed by atoms with E-state index in [1.54, 1.807) is 37.1 Å². The van der Waals surface area contributed by atoms with Gasteiger partial charge in [0.05, 0.1) is 25.4 Å². The van der Waals surface area contributed by atoms with Crippen molar-refractivity contribution >= 4 is 23.8 Å². The predicted molar refractivity (Wildman–Crippen MR) is 174 cm³/mol. The molecule has 0 spiro atoms. The fourth-order valence-electron chi connectivity index (χ4n) is 5.13. The van der Waals surface area contributed by atoms with Gasteiger partial charge in [0.15, 0.2) is 11.4 Å². The number of benzene rings is 3. The number of aromatic nitrogens is 2. The van der Waals surface area contributed by atoms with Crippen LogP contribution in [0.25, 0.3) is 11.1 Å². The van der Waals surface area contributed by atoms with Crippen LogP contribution in [0.3, 0.4) is 0 Å². The molecule has 46 heavy (non-hydrogen) atoms. The maximum Gasteiger partial charge on any atom is 0.325 e. The molecule has 1 saturated heterocycles. The van der Waals surface area contributed by atoms with E-state index in [0.29, 0.717) is 17.5 Å². The van der Waals surface area contributed by atoms with Crippen LogP contribution >= 0.6 is 11.8 Å². The molecule has 1 aliphatic heterocycles. The van der Waals surface area contributed by atoms with E-state index < -0.39 is 18.3 Å². The number of aliphatic hydroxyl groups is 1. The molecule has 1 aliphatic rings. The van der Waals surface area contributed by atoms with Gasteiger partial charge in [0.1, 0.15) is 6.54 Å². The smallest absolute Gasteiger partial charge is 0.325 e. The predicted octanol–water partition coefficient (Wildman–Crippen LogP) is 5.58. The zero-order chi connectivity index (χ0) is 32.3. The van der Waals surface area contributed by atoms with Gasteiger partial charge in [-0.2, -0.15) is 0 Å². The van der Waals surface area contributed by atoms with Crippen molar-refractivity contribution < 1.29 is 28.9 Å². The summed E-state index contributed by atoms with van der Waals surface area (Å²) < 4.78 is 18.0. The molecule has 0 bridgehead atoms. The number of carbonyl (C=O) groups excluding carboxylic acids is 2. The minimum absolute atomic E-state index is 0.0122. The van der Waals surface area contributed by atoms with Gasteiger partial charge in [-0.3, -0.25) is 4.79 Å². The van der Waals surface area contributed by atoms with Crippen molar-refractivity contribution in [3.8, 4) is 11.1 Å². The summed E-state index contributed by atoms with van der Waals surface area (Å²) in [5.74, 6) is 0.232. The molecule has 0 unspecified atom stereocenters. The molecule has 11 heteroatoms. The Kier molecular flexibility index (Phi) is 11.7. The van der Waals surface area contributed by atoms with Crippen LogP contribution < -0.4 is 10.6 Å². The van der Waals surface area contributed by atoms with E-state index in [2.05, 4.69) is 27.5 Å². The number of nitrogens with one attached hydrogen (secondary N) is 2. The molecule has 1 aromatic heterocycles. The number of amides is 2. The third kappa shape index (κ3) is 8.91. The van der Waals surface area contributed by atoms with Crippen molar-refractivity contribution in [3.05, 3.63) is 114 Å². The molecule has 0 radical (unpaired) electrons. The fourth-order valence-corrected chi connectivity index (χ4v) is 6.10. The van der Waals surface area contributed by atoms with Crippen molar-refractivity contribution in [1.82, 2.24) is 20.6 Å². The molecular formula is C35H38N4O6S. The lowest BCUT2D eigenvalue weighted by Gasteiger charge is -2.41. The summed E-state index contributed by atoms with van der Waals surface area (Å²) in [6.45, 7) is 4.22. The summed E-state index contributed by atoms with van der Waals surface area (Å²) in [7, 11) is 0. The first kappa shape index (κ1) is 33.1. The summed E-state index contributed by atoms with van der Waals surface area (Å²) in [5.41, 5.74) is 5.69. The van der Waals surface area contributed by atoms with Crippen LogP contribution in [0.2, 0.25) is 0 Å². The lowest BCUT2D eigenvalue weighted by atomic mass is 9.91. The first-order valence-corrected chi connectivity index (χ1v) is 16.2. The SMILES string of the molecule is CCOC(=O)CNC(=O)NCc1cccc(-c2ccc([C@@H]3O[C@H](CSc4ncccn4)[C@H](C)[C@H](c4ccc(CO)cc4)O3)cc2)c1. The van der Waals surface area contributed by atoms with Crippen molar-refractivity contribution in [2.24, 2.45) is 5.92 Å². The molecule has 0 saturated carbocycles. The first-order chi connectivity index (χ1) is 22.4. The van der Waals surface area contributed by atoms with Gasteiger partial charge < -0.3 is 30.0 Å². The molecule has 4 atom stereocenters. The Balaban J connectivity index is 1.27. The molecule has 2 amide bonds. The average Bonchev–Trinajstić information content (AvgIpc) is 3.10. The molecule has 3 aromatic carbocycles. The van der Waals surface area contributed by atoms with E-state index in [1.807, 2.05) is 72.8 Å². The van der Waals surface area contributed by atoms with Crippen molar-refractivity contribution in [2.45, 2.75) is 50.7 Å². The van der Waals surface area contributed by atoms with Gasteiger partial charge in [-0.1, -0.05) is 85.4 Å². The van der Waals surface area contributed by atoms with Gasteiger partial charge >= 0.3 is 12.0 Å². The van der Waals surface area contributed by atoms with E-state index in [1.165, 1.54) is 0 Å². The highest BCUT2D eigenvalue weighted by atomic mass is 32.2. The van der Waals surface area contributed by atoms with E-state index in [4.69, 9.17) is 14.2 Å². The van der Waals surface area contributed by atoms with Gasteiger partial charge in [-0.25, -0.2) is 14.8 Å². The van der Waals surface area contributed by atoms with E-state index in [9.17, 15) is 14.7 Å². The highest BCUT2D eigenvalue weighted by Crippen LogP contribution is 2.43. The fraction of sp³-hybridized carbons (Fsp3) is 0.314. The van der Waals surface area contributed by atoms with Crippen LogP contribution in [0.4, 0.5) is 4.79 Å². The summed E-state index contributed by atoms with van der Waals surface area (Å²) in [5, 5.41) is 15.5. The van der Waals surface area contributed by atoms with Crippen LogP contribution in [0.15, 0.2) is 96.4 Å². The van der Waals surface area contributed by atoms with Gasteiger partial charge in [-0.15, -0.1) is 0 Å². The Morgan fingerprint density at radius 1 is 0.891 bits per heavy atom. The molecule has 10 nitrogen and oxygen atoms in total. The number of hydrogen-bond acceptors (Lipinski definition) is 9. The Bertz CT molecular complexity index is 1570. The van der Waals surface area contributed by atoms with E-state index in [0.717, 1.165) is 33.4 Å². The van der Waals surface area contributed by atoms with E-state index >= 15 is 0 Å². The summed E-state index contributed by atoms with van der Waals surface area (Å²) in [6, 6.07) is 25.2. The summed E-state index contributed by atoms with van der Waals surface area (Å²) in [4.78, 5) is 32.3. The first-order valence-electron chi connectivity index (χ1n) is 15.2. The third-order valence-corrected chi connectivity index (χ3v) is 8.60. The second-order valence-electron chi connectivity index (χ2n) is 10.8. The number of esters is 1. The van der Waals surface area contributed by atoms with Gasteiger partial charge in [0.25, 0.3) is 0 Å². The number of hydrogen-bond donors (Lipinski definition) is 3. The Morgan fingerprint density at radius 2 is 1.63 bits per heavy atom. The maximum atomic E-state index is 12.1. The zero-order valence-electron chi connectivity index (χ0n) is 25.8. The second-order valence-corrected chi connectivity index (χ2v) is 11.8. The van der Waals surface area contributed by atoms with Crippen LogP contribution in [-0.2, 0) is 32.2 Å². The number of carbonyl (C=O) groups is 2. The highest BCUT2D eigenvalue weighted by Gasteiger charge is 2.38. The number of ether oxygens (including phenoxy) is 3. The minimum atomic E-state index is -0.585. The zero-order valence-corrected chi connectivity index (χ0v) is 26.6. The van der Waals surface area contributed by atoms with Gasteiger partial charge in [-0.05, 0) is 46.9 Å². The van der Waals surface area contributed by atoms with Crippen LogP contribution in [0, 0.1) is 5.92 Å². The van der Waals surface area contributed by atoms with Crippen LogP contribution in [0.5, 0.6) is 0 Å². The average molecular weight is 643 g/mol. The van der Waals surface area contributed by atoms with Gasteiger partial charge in [0.2, 0.25) is 0 Å². The lowest BCUT2D eigenvalue weighted by molar-refractivity contribution is -0.268. The molecule has 1 fully saturated rings. The second kappa shape index (κ2) is 16.3. The van der Waals surface area contributed by atoms with Crippen LogP contribution in [-0.4, -0.2) is 52.1 Å². The Morgan fingerprint density at radius 3 is 2.35 bits per heavy atom. The highest BCUT2D eigenvalue weighted by molar-refractivity contribution is 7.99. The topological polar surface area (TPSA) is 132 Å². The number of thioether (sulfide) groups is 1. The third-order valence-electron chi connectivity index (χ3n) is 7.64. The standard InChI is InChI=1S/C35H38N4O6S/c1-3-43-31(41)20-39-34(42)38-19-25-6-4-7-29(18-25)26-12-14-28(15-13-26)33-44-30(22-46-35-36-16-5-17-37-35)23(2)32(45-33)27-10-8-24(21-40)9-11-27/h4-18,23,30,32-33,40H,3,19-22H2,1-2H3,(H2,38,39,42)/t23-,30+,32+,33+/m0/s1. The number of urea groups is 1.